The highest BCUT2D eigenvalue weighted by Gasteiger charge is 2.36. The average Bonchev–Trinajstić information content (AvgIpc) is 2.95. The van der Waals surface area contributed by atoms with Crippen molar-refractivity contribution in [3.8, 4) is 17.2 Å². The Morgan fingerprint density at radius 3 is 2.22 bits per heavy atom. The van der Waals surface area contributed by atoms with Gasteiger partial charge in [0, 0.05) is 25.1 Å². The molecule has 1 aromatic carbocycles. The van der Waals surface area contributed by atoms with E-state index in [1.165, 1.54) is 33.3 Å². The molecule has 1 aliphatic rings. The van der Waals surface area contributed by atoms with Gasteiger partial charge in [-0.3, -0.25) is 14.4 Å². The Labute approximate surface area is 134 Å². The number of hydrogen-bond acceptors (Lipinski definition) is 6. The highest BCUT2D eigenvalue weighted by molar-refractivity contribution is 6.00. The van der Waals surface area contributed by atoms with E-state index in [2.05, 4.69) is 10.3 Å². The van der Waals surface area contributed by atoms with Gasteiger partial charge >= 0.3 is 0 Å². The first-order valence-corrected chi connectivity index (χ1v) is 6.98. The van der Waals surface area contributed by atoms with Crippen LogP contribution in [0.3, 0.4) is 0 Å². The molecule has 2 rings (SSSR count). The molecule has 126 valence electrons. The van der Waals surface area contributed by atoms with Crippen LogP contribution in [0, 0.1) is 5.92 Å². The van der Waals surface area contributed by atoms with Crippen molar-refractivity contribution in [3.05, 3.63) is 12.1 Å². The molecule has 1 fully saturated rings. The number of ether oxygens (including phenoxy) is 3. The zero-order valence-corrected chi connectivity index (χ0v) is 13.5. The molecule has 8 heteroatoms. The van der Waals surface area contributed by atoms with Gasteiger partial charge in [-0.1, -0.05) is 0 Å². The van der Waals surface area contributed by atoms with Crippen molar-refractivity contribution in [1.82, 2.24) is 5.48 Å². The van der Waals surface area contributed by atoms with Crippen LogP contribution in [0.4, 0.5) is 5.69 Å². The van der Waals surface area contributed by atoms with Gasteiger partial charge in [0.1, 0.15) is 0 Å². The molecule has 1 unspecified atom stereocenters. The Morgan fingerprint density at radius 2 is 1.74 bits per heavy atom. The van der Waals surface area contributed by atoms with E-state index in [0.29, 0.717) is 22.9 Å². The van der Waals surface area contributed by atoms with Gasteiger partial charge in [0.05, 0.1) is 40.0 Å². The van der Waals surface area contributed by atoms with Crippen molar-refractivity contribution in [1.29, 1.82) is 0 Å². The monoisotopic (exact) mass is 324 g/mol. The number of nitrogens with zero attached hydrogens (tertiary/aromatic N) is 1. The molecule has 0 spiro atoms. The third kappa shape index (κ3) is 3.31. The fourth-order valence-electron chi connectivity index (χ4n) is 2.54. The smallest absolute Gasteiger partial charge is 0.248 e. The molecule has 0 saturated carbocycles. The van der Waals surface area contributed by atoms with Crippen LogP contribution in [0.2, 0.25) is 0 Å². The topological polar surface area (TPSA) is 86.3 Å². The summed E-state index contributed by atoms with van der Waals surface area (Å²) in [4.78, 5) is 30.2. The summed E-state index contributed by atoms with van der Waals surface area (Å²) >= 11 is 0. The number of rotatable bonds is 6. The Hall–Kier alpha value is -2.48. The summed E-state index contributed by atoms with van der Waals surface area (Å²) < 4.78 is 15.8. The zero-order chi connectivity index (χ0) is 17.0. The standard InChI is InChI=1S/C15H20N2O6/c1-20-11-6-10(7-12(21-2)14(11)22-3)17-8-9(5-13(17)18)15(19)16-23-4/h6-7,9H,5,8H2,1-4H3,(H,16,19). The fraction of sp³-hybridized carbons (Fsp3) is 0.467. The molecule has 8 nitrogen and oxygen atoms in total. The van der Waals surface area contributed by atoms with E-state index in [9.17, 15) is 9.59 Å². The van der Waals surface area contributed by atoms with Crippen LogP contribution in [0.15, 0.2) is 12.1 Å². The molecule has 1 aromatic rings. The lowest BCUT2D eigenvalue weighted by Crippen LogP contribution is -2.32. The van der Waals surface area contributed by atoms with Gasteiger partial charge in [-0.15, -0.1) is 0 Å². The lowest BCUT2D eigenvalue weighted by molar-refractivity contribution is -0.135. The molecule has 0 aliphatic carbocycles. The van der Waals surface area contributed by atoms with Crippen LogP contribution in [0.5, 0.6) is 17.2 Å². The molecule has 1 aliphatic heterocycles. The summed E-state index contributed by atoms with van der Waals surface area (Å²) in [6.07, 6.45) is 0.117. The van der Waals surface area contributed by atoms with E-state index in [1.54, 1.807) is 12.1 Å². The van der Waals surface area contributed by atoms with Crippen molar-refractivity contribution in [2.45, 2.75) is 6.42 Å². The molecule has 0 radical (unpaired) electrons. The SMILES string of the molecule is CONC(=O)C1CC(=O)N(c2cc(OC)c(OC)c(OC)c2)C1. The Morgan fingerprint density at radius 1 is 1.13 bits per heavy atom. The van der Waals surface area contributed by atoms with E-state index in [-0.39, 0.29) is 24.8 Å². The summed E-state index contributed by atoms with van der Waals surface area (Å²) in [6, 6.07) is 3.35. The minimum absolute atomic E-state index is 0.117. The maximum absolute atomic E-state index is 12.2. The molecular formula is C15H20N2O6. The normalized spacial score (nSPS) is 17.1. The van der Waals surface area contributed by atoms with Crippen LogP contribution in [0.25, 0.3) is 0 Å². The van der Waals surface area contributed by atoms with Crippen LogP contribution < -0.4 is 24.6 Å². The summed E-state index contributed by atoms with van der Waals surface area (Å²) in [5, 5.41) is 0. The van der Waals surface area contributed by atoms with E-state index in [4.69, 9.17) is 14.2 Å². The van der Waals surface area contributed by atoms with Crippen molar-refractivity contribution < 1.29 is 28.6 Å². The van der Waals surface area contributed by atoms with Crippen LogP contribution in [-0.2, 0) is 14.4 Å². The maximum Gasteiger partial charge on any atom is 0.248 e. The van der Waals surface area contributed by atoms with Crippen LogP contribution in [0.1, 0.15) is 6.42 Å². The molecule has 0 aromatic heterocycles. The molecular weight excluding hydrogens is 304 g/mol. The number of hydroxylamine groups is 1. The van der Waals surface area contributed by atoms with Gasteiger partial charge in [-0.2, -0.15) is 0 Å². The zero-order valence-electron chi connectivity index (χ0n) is 13.5. The number of amides is 2. The first kappa shape index (κ1) is 16.9. The Bertz CT molecular complexity index is 579. The lowest BCUT2D eigenvalue weighted by Gasteiger charge is -2.20. The van der Waals surface area contributed by atoms with Gasteiger partial charge in [-0.05, 0) is 0 Å². The van der Waals surface area contributed by atoms with E-state index < -0.39 is 5.92 Å². The van der Waals surface area contributed by atoms with E-state index >= 15 is 0 Å². The van der Waals surface area contributed by atoms with Crippen LogP contribution >= 0.6 is 0 Å². The van der Waals surface area contributed by atoms with Gasteiger partial charge < -0.3 is 19.1 Å². The van der Waals surface area contributed by atoms with Crippen molar-refractivity contribution in [3.63, 3.8) is 0 Å². The number of benzene rings is 1. The Balaban J connectivity index is 2.31. The van der Waals surface area contributed by atoms with Crippen LogP contribution in [-0.4, -0.2) is 46.8 Å². The molecule has 1 N–H and O–H groups in total. The molecule has 23 heavy (non-hydrogen) atoms. The van der Waals surface area contributed by atoms with Gasteiger partial charge in [0.2, 0.25) is 17.6 Å². The predicted molar refractivity (Wildman–Crippen MR) is 81.7 cm³/mol. The third-order valence-electron chi connectivity index (χ3n) is 3.66. The number of methoxy groups -OCH3 is 3. The first-order valence-electron chi connectivity index (χ1n) is 6.98. The lowest BCUT2D eigenvalue weighted by atomic mass is 10.1. The number of carbonyl (C=O) groups excluding carboxylic acids is 2. The van der Waals surface area contributed by atoms with E-state index in [1.807, 2.05) is 0 Å². The number of nitrogens with one attached hydrogen (secondary N) is 1. The summed E-state index contributed by atoms with van der Waals surface area (Å²) in [5.74, 6) is 0.380. The molecule has 1 saturated heterocycles. The molecule has 1 heterocycles. The van der Waals surface area contributed by atoms with Crippen molar-refractivity contribution in [2.24, 2.45) is 5.92 Å². The number of anilines is 1. The second-order valence-corrected chi connectivity index (χ2v) is 4.96. The molecule has 2 amide bonds. The van der Waals surface area contributed by atoms with Crippen molar-refractivity contribution in [2.75, 3.05) is 39.9 Å². The van der Waals surface area contributed by atoms with E-state index in [0.717, 1.165) is 0 Å². The molecule has 1 atom stereocenters. The highest BCUT2D eigenvalue weighted by atomic mass is 16.6. The summed E-state index contributed by atoms with van der Waals surface area (Å²) in [5.41, 5.74) is 2.84. The minimum atomic E-state index is -0.471. The van der Waals surface area contributed by atoms with Gasteiger partial charge in [0.25, 0.3) is 0 Å². The third-order valence-corrected chi connectivity index (χ3v) is 3.66. The number of hydrogen-bond donors (Lipinski definition) is 1. The highest BCUT2D eigenvalue weighted by Crippen LogP contribution is 2.42. The van der Waals surface area contributed by atoms with Gasteiger partial charge in [0.15, 0.2) is 11.5 Å². The quantitative estimate of drug-likeness (QED) is 0.777. The largest absolute Gasteiger partial charge is 0.493 e. The Kier molecular flexibility index (Phi) is 5.28. The summed E-state index contributed by atoms with van der Waals surface area (Å²) in [6.45, 7) is 0.257. The fourth-order valence-corrected chi connectivity index (χ4v) is 2.54. The number of carbonyl (C=O) groups is 2. The first-order chi connectivity index (χ1) is 11.0. The maximum atomic E-state index is 12.2. The van der Waals surface area contributed by atoms with Gasteiger partial charge in [-0.25, -0.2) is 5.48 Å². The summed E-state index contributed by atoms with van der Waals surface area (Å²) in [7, 11) is 5.86. The second kappa shape index (κ2) is 7.19. The predicted octanol–water partition coefficient (Wildman–Crippen LogP) is 0.743. The van der Waals surface area contributed by atoms with Crippen molar-refractivity contribution >= 4 is 17.5 Å². The second-order valence-electron chi connectivity index (χ2n) is 4.96. The molecule has 0 bridgehead atoms. The average molecular weight is 324 g/mol. The minimum Gasteiger partial charge on any atom is -0.493 e.